The van der Waals surface area contributed by atoms with Crippen LogP contribution in [-0.4, -0.2) is 59.6 Å². The number of alkyl halides is 3. The van der Waals surface area contributed by atoms with Crippen LogP contribution in [0.1, 0.15) is 18.9 Å². The number of nitrogens with zero attached hydrogens (tertiary/aromatic N) is 4. The monoisotopic (exact) mass is 395 g/mol. The highest BCUT2D eigenvalue weighted by atomic mass is 35.5. The number of aliphatic imine (C=N–C) groups is 1. The van der Waals surface area contributed by atoms with Crippen molar-refractivity contribution >= 4 is 40.4 Å². The number of nitrogens with one attached hydrogen (secondary N) is 1. The van der Waals surface area contributed by atoms with Crippen LogP contribution in [0.2, 0.25) is 0 Å². The van der Waals surface area contributed by atoms with Crippen LogP contribution in [0.3, 0.4) is 0 Å². The molecule has 1 aliphatic heterocycles. The number of carbonyl (C=O) groups excluding carboxylic acids is 1. The van der Waals surface area contributed by atoms with Crippen LogP contribution < -0.4 is 10.2 Å². The fourth-order valence-electron chi connectivity index (χ4n) is 3.26. The number of fused-ring (bicyclic) bond motifs is 1. The normalized spacial score (nSPS) is 20.8. The van der Waals surface area contributed by atoms with Gasteiger partial charge in [0.05, 0.1) is 23.8 Å². The zero-order valence-corrected chi connectivity index (χ0v) is 15.7. The number of halogens is 3. The number of carbonyl (C=O) groups is 1. The zero-order valence-electron chi connectivity index (χ0n) is 15.0. The lowest BCUT2D eigenvalue weighted by Crippen LogP contribution is -2.56. The smallest absolute Gasteiger partial charge is 0.267 e. The third-order valence-corrected chi connectivity index (χ3v) is 4.56. The summed E-state index contributed by atoms with van der Waals surface area (Å²) < 4.78 is 28.7. The van der Waals surface area contributed by atoms with E-state index in [-0.39, 0.29) is 6.54 Å². The minimum atomic E-state index is -2.95. The number of amides is 1. The third-order valence-electron chi connectivity index (χ3n) is 4.36. The standard InChI is InChI=1S/C18H20ClF2N5O/c1-11(19)17(27)25-13-7-18(20,21)10-26(9-13)14-4-3-12(8-22-2)15-16(14)24-6-5-23-15/h3-6,8,11,13H,7,9-10H2,1-2H3,(H,25,27). The molecule has 2 aromatic rings. The summed E-state index contributed by atoms with van der Waals surface area (Å²) in [5.74, 6) is -3.41. The maximum atomic E-state index is 14.4. The Balaban J connectivity index is 1.97. The summed E-state index contributed by atoms with van der Waals surface area (Å²) in [7, 11) is 1.65. The summed E-state index contributed by atoms with van der Waals surface area (Å²) in [6.45, 7) is 1.28. The van der Waals surface area contributed by atoms with Crippen molar-refractivity contribution in [2.75, 3.05) is 25.0 Å². The molecule has 2 atom stereocenters. The number of benzene rings is 1. The second-order valence-corrected chi connectivity index (χ2v) is 7.23. The average molecular weight is 396 g/mol. The Kier molecular flexibility index (Phi) is 5.55. The number of aromatic nitrogens is 2. The van der Waals surface area contributed by atoms with Crippen molar-refractivity contribution in [1.29, 1.82) is 0 Å². The van der Waals surface area contributed by atoms with E-state index in [4.69, 9.17) is 11.6 Å². The molecule has 1 aromatic carbocycles. The Morgan fingerprint density at radius 1 is 1.41 bits per heavy atom. The van der Waals surface area contributed by atoms with Gasteiger partial charge in [-0.3, -0.25) is 19.8 Å². The molecule has 0 bridgehead atoms. The van der Waals surface area contributed by atoms with E-state index >= 15 is 0 Å². The predicted molar refractivity (Wildman–Crippen MR) is 102 cm³/mol. The molecule has 0 radical (unpaired) electrons. The fraction of sp³-hybridized carbons (Fsp3) is 0.444. The van der Waals surface area contributed by atoms with Crippen LogP contribution in [0.15, 0.2) is 29.5 Å². The molecule has 1 N–H and O–H groups in total. The summed E-state index contributed by atoms with van der Waals surface area (Å²) in [6.07, 6.45) is 4.30. The Hall–Kier alpha value is -2.35. The van der Waals surface area contributed by atoms with Gasteiger partial charge in [0, 0.05) is 44.2 Å². The van der Waals surface area contributed by atoms with Gasteiger partial charge < -0.3 is 10.2 Å². The minimum Gasteiger partial charge on any atom is -0.362 e. The van der Waals surface area contributed by atoms with Crippen LogP contribution in [0, 0.1) is 0 Å². The van der Waals surface area contributed by atoms with E-state index in [9.17, 15) is 13.6 Å². The minimum absolute atomic E-state index is 0.234. The van der Waals surface area contributed by atoms with Crippen molar-refractivity contribution in [3.8, 4) is 0 Å². The lowest BCUT2D eigenvalue weighted by molar-refractivity contribution is -0.122. The van der Waals surface area contributed by atoms with Crippen molar-refractivity contribution in [2.45, 2.75) is 30.7 Å². The zero-order chi connectivity index (χ0) is 19.6. The molecule has 1 aromatic heterocycles. The van der Waals surface area contributed by atoms with Gasteiger partial charge in [0.25, 0.3) is 5.92 Å². The van der Waals surface area contributed by atoms with Crippen LogP contribution in [0.5, 0.6) is 0 Å². The number of hydrogen-bond donors (Lipinski definition) is 1. The van der Waals surface area contributed by atoms with E-state index in [1.807, 2.05) is 0 Å². The molecule has 1 saturated heterocycles. The van der Waals surface area contributed by atoms with Crippen LogP contribution in [0.4, 0.5) is 14.5 Å². The van der Waals surface area contributed by atoms with Gasteiger partial charge in [0.15, 0.2) is 0 Å². The van der Waals surface area contributed by atoms with E-state index in [2.05, 4.69) is 20.3 Å². The summed E-state index contributed by atoms with van der Waals surface area (Å²) in [5, 5.41) is 1.82. The third kappa shape index (κ3) is 4.32. The molecular weight excluding hydrogens is 376 g/mol. The van der Waals surface area contributed by atoms with Gasteiger partial charge in [-0.2, -0.15) is 0 Å². The summed E-state index contributed by atoms with van der Waals surface area (Å²) in [5.41, 5.74) is 2.41. The quantitative estimate of drug-likeness (QED) is 0.638. The highest BCUT2D eigenvalue weighted by molar-refractivity contribution is 6.30. The molecule has 3 rings (SSSR count). The molecule has 1 aliphatic rings. The van der Waals surface area contributed by atoms with Gasteiger partial charge in [0.2, 0.25) is 5.91 Å². The molecule has 6 nitrogen and oxygen atoms in total. The average Bonchev–Trinajstić information content (AvgIpc) is 2.60. The van der Waals surface area contributed by atoms with Gasteiger partial charge in [-0.05, 0) is 19.1 Å². The molecule has 1 amide bonds. The van der Waals surface area contributed by atoms with E-state index in [1.165, 1.54) is 18.0 Å². The van der Waals surface area contributed by atoms with Gasteiger partial charge in [-0.25, -0.2) is 8.78 Å². The molecule has 2 unspecified atom stereocenters. The molecular formula is C18H20ClF2N5O. The van der Waals surface area contributed by atoms with Crippen molar-refractivity contribution < 1.29 is 13.6 Å². The maximum Gasteiger partial charge on any atom is 0.267 e. The Morgan fingerprint density at radius 3 is 2.78 bits per heavy atom. The molecule has 1 fully saturated rings. The highest BCUT2D eigenvalue weighted by Gasteiger charge is 2.41. The van der Waals surface area contributed by atoms with Crippen LogP contribution >= 0.6 is 11.6 Å². The van der Waals surface area contributed by atoms with Gasteiger partial charge >= 0.3 is 0 Å². The van der Waals surface area contributed by atoms with Crippen molar-refractivity contribution in [1.82, 2.24) is 15.3 Å². The van der Waals surface area contributed by atoms with Gasteiger partial charge in [0.1, 0.15) is 10.9 Å². The molecule has 0 aliphatic carbocycles. The van der Waals surface area contributed by atoms with E-state index < -0.39 is 36.2 Å². The molecule has 0 saturated carbocycles. The highest BCUT2D eigenvalue weighted by Crippen LogP contribution is 2.33. The Morgan fingerprint density at radius 2 is 2.11 bits per heavy atom. The van der Waals surface area contributed by atoms with Crippen molar-refractivity contribution in [2.24, 2.45) is 4.99 Å². The summed E-state index contributed by atoms with van der Waals surface area (Å²) >= 11 is 5.75. The second-order valence-electron chi connectivity index (χ2n) is 6.58. The molecule has 9 heteroatoms. The first-order chi connectivity index (χ1) is 12.8. The predicted octanol–water partition coefficient (Wildman–Crippen LogP) is 2.64. The second kappa shape index (κ2) is 7.72. The SMILES string of the molecule is CN=Cc1ccc(N2CC(NC(=O)C(C)Cl)CC(F)(F)C2)c2nccnc12. The lowest BCUT2D eigenvalue weighted by atomic mass is 10.00. The Labute approximate surface area is 160 Å². The van der Waals surface area contributed by atoms with E-state index in [1.54, 1.807) is 31.6 Å². The van der Waals surface area contributed by atoms with Crippen LogP contribution in [0.25, 0.3) is 11.0 Å². The first-order valence-corrected chi connectivity index (χ1v) is 8.97. The topological polar surface area (TPSA) is 70.5 Å². The summed E-state index contributed by atoms with van der Waals surface area (Å²) in [4.78, 5) is 26.1. The molecule has 2 heterocycles. The first kappa shape index (κ1) is 19.4. The van der Waals surface area contributed by atoms with Crippen molar-refractivity contribution in [3.63, 3.8) is 0 Å². The summed E-state index contributed by atoms with van der Waals surface area (Å²) in [6, 6.07) is 2.80. The maximum absolute atomic E-state index is 14.4. The lowest BCUT2D eigenvalue weighted by Gasteiger charge is -2.39. The molecule has 0 spiro atoms. The molecule has 144 valence electrons. The van der Waals surface area contributed by atoms with Gasteiger partial charge in [-0.15, -0.1) is 11.6 Å². The number of hydrogen-bond acceptors (Lipinski definition) is 5. The largest absolute Gasteiger partial charge is 0.362 e. The van der Waals surface area contributed by atoms with Crippen LogP contribution in [-0.2, 0) is 4.79 Å². The first-order valence-electron chi connectivity index (χ1n) is 8.54. The number of rotatable bonds is 4. The van der Waals surface area contributed by atoms with E-state index in [0.29, 0.717) is 16.7 Å². The fourth-order valence-corrected chi connectivity index (χ4v) is 3.32. The van der Waals surface area contributed by atoms with Crippen molar-refractivity contribution in [3.05, 3.63) is 30.1 Å². The number of anilines is 1. The van der Waals surface area contributed by atoms with E-state index in [0.717, 1.165) is 5.56 Å². The Bertz CT molecular complexity index is 874. The number of piperidine rings is 1. The van der Waals surface area contributed by atoms with Gasteiger partial charge in [-0.1, -0.05) is 0 Å². The molecule has 27 heavy (non-hydrogen) atoms.